The van der Waals surface area contributed by atoms with Crippen molar-refractivity contribution in [1.82, 2.24) is 10.5 Å². The van der Waals surface area contributed by atoms with Crippen LogP contribution in [0.2, 0.25) is 0 Å². The summed E-state index contributed by atoms with van der Waals surface area (Å²) < 4.78 is 0. The molecule has 44 valence electrons. The topological polar surface area (TPSA) is 47.6 Å². The Morgan fingerprint density at radius 2 is 2.57 bits per heavy atom. The van der Waals surface area contributed by atoms with Crippen molar-refractivity contribution < 1.29 is 4.94 Å². The van der Waals surface area contributed by atoms with E-state index in [1.807, 2.05) is 6.92 Å². The van der Waals surface area contributed by atoms with Gasteiger partial charge in [-0.1, -0.05) is 6.92 Å². The summed E-state index contributed by atoms with van der Waals surface area (Å²) in [7, 11) is 1.80. The van der Waals surface area contributed by atoms with Crippen LogP contribution in [0.15, 0.2) is 0 Å². The quantitative estimate of drug-likeness (QED) is 0.425. The van der Waals surface area contributed by atoms with Crippen LogP contribution in [0.1, 0.15) is 6.92 Å². The lowest BCUT2D eigenvalue weighted by molar-refractivity contribution is -0.107. The van der Waals surface area contributed by atoms with Gasteiger partial charge in [0.05, 0.1) is 0 Å². The Hall–Kier alpha value is 0.270. The van der Waals surface area contributed by atoms with E-state index in [1.54, 1.807) is 9.39 Å². The minimum absolute atomic E-state index is 0.267. The molecule has 0 spiro atoms. The number of hydrogen-bond donors (Lipinski definition) is 1. The number of hydroxylamine groups is 1. The molecule has 0 rings (SSSR count). The van der Waals surface area contributed by atoms with Crippen molar-refractivity contribution in [1.29, 1.82) is 0 Å². The van der Waals surface area contributed by atoms with Gasteiger partial charge in [0.25, 0.3) is 0 Å². The zero-order valence-corrected chi connectivity index (χ0v) is 5.20. The third-order valence-corrected chi connectivity index (χ3v) is 0.404. The molecule has 0 aromatic rings. The van der Waals surface area contributed by atoms with Gasteiger partial charge in [-0.15, -0.1) is 0 Å². The van der Waals surface area contributed by atoms with Gasteiger partial charge in [-0.2, -0.15) is 5.48 Å². The number of nitrogens with zero attached hydrogens (tertiary/aromatic N) is 1. The molecule has 0 amide bonds. The lowest BCUT2D eigenvalue weighted by Crippen LogP contribution is -2.19. The normalized spacial score (nSPS) is 10.3. The highest BCUT2D eigenvalue weighted by Gasteiger charge is 1.74. The van der Waals surface area contributed by atoms with Crippen LogP contribution in [0, 0.1) is 5.21 Å². The Balaban J connectivity index is 2.68. The first-order chi connectivity index (χ1) is 3.27. The molecule has 1 atom stereocenters. The Morgan fingerprint density at radius 3 is 2.71 bits per heavy atom. The number of rotatable bonds is 3. The predicted molar refractivity (Wildman–Crippen MR) is 29.7 cm³/mol. The molecule has 0 radical (unpaired) electrons. The Morgan fingerprint density at radius 1 is 2.00 bits per heavy atom. The summed E-state index contributed by atoms with van der Waals surface area (Å²) in [5.74, 6) is 0. The summed E-state index contributed by atoms with van der Waals surface area (Å²) in [5, 5.41) is 9.80. The molecule has 1 N–H and O–H groups in total. The van der Waals surface area contributed by atoms with E-state index < -0.39 is 0 Å². The molecular formula is C2H8N2O2P-. The van der Waals surface area contributed by atoms with Crippen molar-refractivity contribution in [3.8, 4) is 0 Å². The molecule has 0 aliphatic heterocycles. The third kappa shape index (κ3) is 6.27. The predicted octanol–water partition coefficient (Wildman–Crippen LogP) is 0.0324. The second-order valence-electron chi connectivity index (χ2n) is 0.875. The Bertz CT molecular complexity index is 42.7. The molecule has 0 saturated carbocycles. The minimum Gasteiger partial charge on any atom is -0.758 e. The van der Waals surface area contributed by atoms with Crippen LogP contribution in [0.25, 0.3) is 0 Å². The zero-order valence-electron chi connectivity index (χ0n) is 4.05. The molecule has 5 heteroatoms. The lowest BCUT2D eigenvalue weighted by Gasteiger charge is -2.18. The van der Waals surface area contributed by atoms with E-state index in [2.05, 4.69) is 10.4 Å². The molecule has 1 unspecified atom stereocenters. The maximum absolute atomic E-state index is 9.80. The molecule has 7 heavy (non-hydrogen) atoms. The maximum Gasteiger partial charge on any atom is 0.0200 e. The second-order valence-corrected chi connectivity index (χ2v) is 1.30. The minimum atomic E-state index is 0.267. The van der Waals surface area contributed by atoms with Crippen molar-refractivity contribution in [3.05, 3.63) is 5.21 Å². The molecule has 0 saturated heterocycles. The zero-order chi connectivity index (χ0) is 5.70. The summed E-state index contributed by atoms with van der Waals surface area (Å²) in [6.45, 7) is 2.45. The fourth-order valence-corrected chi connectivity index (χ4v) is 0.203. The van der Waals surface area contributed by atoms with Gasteiger partial charge in [-0.3, -0.25) is 0 Å². The molecule has 0 bridgehead atoms. The number of nitrogens with one attached hydrogen (secondary N) is 1. The second kappa shape index (κ2) is 4.43. The highest BCUT2D eigenvalue weighted by molar-refractivity contribution is 7.13. The summed E-state index contributed by atoms with van der Waals surface area (Å²) >= 11 is 0. The Kier molecular flexibility index (Phi) is 4.60. The van der Waals surface area contributed by atoms with Gasteiger partial charge < -0.3 is 5.21 Å². The van der Waals surface area contributed by atoms with Gasteiger partial charge in [-0.05, 0) is 9.39 Å². The molecule has 4 nitrogen and oxygen atoms in total. The lowest BCUT2D eigenvalue weighted by atomic mass is 10.8. The highest BCUT2D eigenvalue weighted by atomic mass is 31.0. The van der Waals surface area contributed by atoms with Crippen LogP contribution in [-0.2, 0) is 4.94 Å². The summed E-state index contributed by atoms with van der Waals surface area (Å²) in [5.41, 5.74) is 2.34. The first-order valence-electron chi connectivity index (χ1n) is 1.89. The molecule has 0 aliphatic rings. The first kappa shape index (κ1) is 7.27. The number of hydrogen-bond acceptors (Lipinski definition) is 4. The van der Waals surface area contributed by atoms with Gasteiger partial charge in [0.2, 0.25) is 0 Å². The van der Waals surface area contributed by atoms with Gasteiger partial charge >= 0.3 is 0 Å². The Labute approximate surface area is 44.6 Å². The highest BCUT2D eigenvalue weighted by Crippen LogP contribution is 1.89. The van der Waals surface area contributed by atoms with E-state index >= 15 is 0 Å². The molecular weight excluding hydrogens is 115 g/mol. The standard InChI is InChI=1S/C2H8N2O2P/c1-2-3-6-4(5)7/h3H,2,7H2,1H3/q-1. The average molecular weight is 123 g/mol. The van der Waals surface area contributed by atoms with Crippen molar-refractivity contribution in [3.63, 3.8) is 0 Å². The van der Waals surface area contributed by atoms with Gasteiger partial charge in [0.1, 0.15) is 0 Å². The van der Waals surface area contributed by atoms with Crippen LogP contribution in [0.3, 0.4) is 0 Å². The van der Waals surface area contributed by atoms with Gasteiger partial charge in [0, 0.05) is 6.54 Å². The first-order valence-corrected chi connectivity index (χ1v) is 2.40. The van der Waals surface area contributed by atoms with Gasteiger partial charge in [0.15, 0.2) is 0 Å². The van der Waals surface area contributed by atoms with Crippen LogP contribution in [0.4, 0.5) is 0 Å². The van der Waals surface area contributed by atoms with Crippen LogP contribution < -0.4 is 5.48 Å². The molecule has 0 fully saturated rings. The summed E-state index contributed by atoms with van der Waals surface area (Å²) in [6.07, 6.45) is 0. The van der Waals surface area contributed by atoms with Crippen molar-refractivity contribution in [2.75, 3.05) is 6.54 Å². The van der Waals surface area contributed by atoms with E-state index in [9.17, 15) is 5.21 Å². The summed E-state index contributed by atoms with van der Waals surface area (Å²) in [4.78, 5) is 4.45. The van der Waals surface area contributed by atoms with Crippen LogP contribution >= 0.6 is 9.39 Å². The van der Waals surface area contributed by atoms with E-state index in [4.69, 9.17) is 0 Å². The summed E-state index contributed by atoms with van der Waals surface area (Å²) in [6, 6.07) is 0. The molecule has 0 aliphatic carbocycles. The molecule has 0 aromatic carbocycles. The van der Waals surface area contributed by atoms with E-state index in [-0.39, 0.29) is 5.00 Å². The van der Waals surface area contributed by atoms with E-state index in [0.29, 0.717) is 6.54 Å². The SMILES string of the molecule is CCNON([O-])P. The van der Waals surface area contributed by atoms with Crippen molar-refractivity contribution in [2.45, 2.75) is 6.92 Å². The van der Waals surface area contributed by atoms with Crippen molar-refractivity contribution in [2.24, 2.45) is 0 Å². The van der Waals surface area contributed by atoms with Crippen LogP contribution in [0.5, 0.6) is 0 Å². The van der Waals surface area contributed by atoms with E-state index in [1.165, 1.54) is 0 Å². The smallest absolute Gasteiger partial charge is 0.0200 e. The largest absolute Gasteiger partial charge is 0.758 e. The fraction of sp³-hybridized carbons (Fsp3) is 1.00. The molecule has 0 heterocycles. The van der Waals surface area contributed by atoms with E-state index in [0.717, 1.165) is 0 Å². The van der Waals surface area contributed by atoms with Crippen LogP contribution in [-0.4, -0.2) is 11.5 Å². The molecule has 0 aromatic heterocycles. The van der Waals surface area contributed by atoms with Gasteiger partial charge in [-0.25, -0.2) is 9.94 Å². The monoisotopic (exact) mass is 123 g/mol. The maximum atomic E-state index is 9.80. The fourth-order valence-electron chi connectivity index (χ4n) is 0.128. The average Bonchev–Trinajstić information content (AvgIpc) is 1.61. The van der Waals surface area contributed by atoms with Crippen molar-refractivity contribution >= 4 is 9.39 Å². The third-order valence-electron chi connectivity index (χ3n) is 0.299.